The molecule has 0 fully saturated rings. The van der Waals surface area contributed by atoms with Crippen molar-refractivity contribution in [3.8, 4) is 11.1 Å². The van der Waals surface area contributed by atoms with Crippen LogP contribution in [0, 0.1) is 0 Å². The lowest BCUT2D eigenvalue weighted by atomic mass is 10.0. The molecule has 3 heteroatoms. The summed E-state index contributed by atoms with van der Waals surface area (Å²) in [5.41, 5.74) is 9.08. The molecule has 0 atom stereocenters. The van der Waals surface area contributed by atoms with Crippen LogP contribution in [-0.4, -0.2) is 0 Å². The van der Waals surface area contributed by atoms with Gasteiger partial charge in [0.2, 0.25) is 0 Å². The minimum absolute atomic E-state index is 0.843. The van der Waals surface area contributed by atoms with Crippen LogP contribution in [-0.2, 0) is 0 Å². The molecule has 0 saturated carbocycles. The third-order valence-corrected chi connectivity index (χ3v) is 8.45. The summed E-state index contributed by atoms with van der Waals surface area (Å²) in [6, 6.07) is 53.0. The lowest BCUT2D eigenvalue weighted by Crippen LogP contribution is -2.09. The molecular formula is C40H25NO2. The summed E-state index contributed by atoms with van der Waals surface area (Å²) in [5, 5.41) is 6.63. The van der Waals surface area contributed by atoms with Gasteiger partial charge in [0.25, 0.3) is 0 Å². The first kappa shape index (κ1) is 23.9. The van der Waals surface area contributed by atoms with E-state index in [-0.39, 0.29) is 0 Å². The molecule has 2 aromatic heterocycles. The van der Waals surface area contributed by atoms with Crippen molar-refractivity contribution in [3.63, 3.8) is 0 Å². The Balaban J connectivity index is 1.24. The molecule has 0 aliphatic rings. The molecule has 7 aromatic carbocycles. The van der Waals surface area contributed by atoms with Crippen molar-refractivity contribution < 1.29 is 8.83 Å². The first-order valence-corrected chi connectivity index (χ1v) is 14.5. The molecule has 0 spiro atoms. The predicted octanol–water partition coefficient (Wildman–Crippen LogP) is 11.8. The fourth-order valence-electron chi connectivity index (χ4n) is 6.44. The SMILES string of the molecule is c1ccc(-c2ccc(N(c3ccccc3)c3ccc4c(c3)oc3ccc5ccc6c7ccccc7oc6c5c34)cc2)cc1. The predicted molar refractivity (Wildman–Crippen MR) is 179 cm³/mol. The minimum Gasteiger partial charge on any atom is -0.456 e. The Morgan fingerprint density at radius 1 is 0.372 bits per heavy atom. The number of nitrogens with zero attached hydrogens (tertiary/aromatic N) is 1. The average molecular weight is 552 g/mol. The molecule has 0 radical (unpaired) electrons. The number of fused-ring (bicyclic) bond motifs is 9. The quantitative estimate of drug-likeness (QED) is 0.218. The second-order valence-electron chi connectivity index (χ2n) is 10.9. The van der Waals surface area contributed by atoms with E-state index in [9.17, 15) is 0 Å². The van der Waals surface area contributed by atoms with Crippen LogP contribution in [0.4, 0.5) is 17.1 Å². The van der Waals surface area contributed by atoms with Gasteiger partial charge in [0, 0.05) is 50.1 Å². The Labute approximate surface area is 247 Å². The van der Waals surface area contributed by atoms with Crippen molar-refractivity contribution >= 4 is 71.7 Å². The first-order valence-electron chi connectivity index (χ1n) is 14.5. The topological polar surface area (TPSA) is 29.5 Å². The highest BCUT2D eigenvalue weighted by molar-refractivity contribution is 6.28. The third kappa shape index (κ3) is 3.75. The monoisotopic (exact) mass is 551 g/mol. The highest BCUT2D eigenvalue weighted by atomic mass is 16.3. The summed E-state index contributed by atoms with van der Waals surface area (Å²) in [6.07, 6.45) is 0. The minimum atomic E-state index is 0.843. The number of furan rings is 2. The lowest BCUT2D eigenvalue weighted by Gasteiger charge is -2.25. The number of anilines is 3. The van der Waals surface area contributed by atoms with E-state index in [1.165, 1.54) is 11.1 Å². The van der Waals surface area contributed by atoms with Gasteiger partial charge in [-0.3, -0.25) is 0 Å². The standard InChI is InChI=1S/C40H25NO2/c1-3-9-26(10-4-1)27-15-19-30(20-16-27)41(29-11-5-2-6-12-29)31-21-23-34-37(25-31)42-36-24-18-28-17-22-33-32-13-7-8-14-35(32)43-40(33)38(28)39(34)36/h1-25H. The number of benzene rings is 7. The van der Waals surface area contributed by atoms with Crippen LogP contribution in [0.25, 0.3) is 65.8 Å². The summed E-state index contributed by atoms with van der Waals surface area (Å²) in [7, 11) is 0. The van der Waals surface area contributed by atoms with Gasteiger partial charge in [-0.05, 0) is 71.1 Å². The Kier molecular flexibility index (Phi) is 5.20. The summed E-state index contributed by atoms with van der Waals surface area (Å²) >= 11 is 0. The van der Waals surface area contributed by atoms with Crippen molar-refractivity contribution in [1.82, 2.24) is 0 Å². The summed E-state index contributed by atoms with van der Waals surface area (Å²) in [6.45, 7) is 0. The largest absolute Gasteiger partial charge is 0.456 e. The second kappa shape index (κ2) is 9.37. The molecule has 0 unspecified atom stereocenters. The fraction of sp³-hybridized carbons (Fsp3) is 0. The van der Waals surface area contributed by atoms with Gasteiger partial charge in [0.05, 0.1) is 0 Å². The molecule has 0 amide bonds. The van der Waals surface area contributed by atoms with Gasteiger partial charge in [0.15, 0.2) is 0 Å². The normalized spacial score (nSPS) is 11.7. The molecule has 202 valence electrons. The Morgan fingerprint density at radius 2 is 1.02 bits per heavy atom. The van der Waals surface area contributed by atoms with Crippen LogP contribution in [0.1, 0.15) is 0 Å². The zero-order chi connectivity index (χ0) is 28.3. The molecule has 0 bridgehead atoms. The van der Waals surface area contributed by atoms with Crippen molar-refractivity contribution in [2.24, 2.45) is 0 Å². The van der Waals surface area contributed by atoms with Gasteiger partial charge in [-0.1, -0.05) is 91.0 Å². The van der Waals surface area contributed by atoms with Gasteiger partial charge >= 0.3 is 0 Å². The van der Waals surface area contributed by atoms with Crippen molar-refractivity contribution in [3.05, 3.63) is 152 Å². The molecule has 0 N–H and O–H groups in total. The molecule has 43 heavy (non-hydrogen) atoms. The van der Waals surface area contributed by atoms with Crippen molar-refractivity contribution in [1.29, 1.82) is 0 Å². The average Bonchev–Trinajstić information content (AvgIpc) is 3.64. The van der Waals surface area contributed by atoms with Crippen molar-refractivity contribution in [2.45, 2.75) is 0 Å². The highest BCUT2D eigenvalue weighted by Crippen LogP contribution is 2.43. The van der Waals surface area contributed by atoms with Crippen LogP contribution in [0.15, 0.2) is 160 Å². The molecule has 3 nitrogen and oxygen atoms in total. The van der Waals surface area contributed by atoms with E-state index >= 15 is 0 Å². The zero-order valence-electron chi connectivity index (χ0n) is 23.2. The van der Waals surface area contributed by atoms with E-state index in [0.717, 1.165) is 71.7 Å². The van der Waals surface area contributed by atoms with Crippen molar-refractivity contribution in [2.75, 3.05) is 4.90 Å². The molecule has 2 heterocycles. The third-order valence-electron chi connectivity index (χ3n) is 8.45. The van der Waals surface area contributed by atoms with Gasteiger partial charge < -0.3 is 13.7 Å². The molecule has 0 aliphatic heterocycles. The number of rotatable bonds is 4. The van der Waals surface area contributed by atoms with E-state index in [0.29, 0.717) is 0 Å². The van der Waals surface area contributed by atoms with Gasteiger partial charge in [-0.15, -0.1) is 0 Å². The summed E-state index contributed by atoms with van der Waals surface area (Å²) in [4.78, 5) is 2.27. The molecule has 9 rings (SSSR count). The second-order valence-corrected chi connectivity index (χ2v) is 10.9. The van der Waals surface area contributed by atoms with Crippen LogP contribution in [0.2, 0.25) is 0 Å². The number of hydrogen-bond acceptors (Lipinski definition) is 3. The molecule has 9 aromatic rings. The fourth-order valence-corrected chi connectivity index (χ4v) is 6.44. The van der Waals surface area contributed by atoms with Crippen LogP contribution in [0.5, 0.6) is 0 Å². The van der Waals surface area contributed by atoms with E-state index < -0.39 is 0 Å². The molecule has 0 saturated heterocycles. The summed E-state index contributed by atoms with van der Waals surface area (Å²) in [5.74, 6) is 0. The molecular weight excluding hydrogens is 526 g/mol. The number of hydrogen-bond donors (Lipinski definition) is 0. The highest BCUT2D eigenvalue weighted by Gasteiger charge is 2.19. The summed E-state index contributed by atoms with van der Waals surface area (Å²) < 4.78 is 13.0. The maximum absolute atomic E-state index is 6.55. The van der Waals surface area contributed by atoms with E-state index in [1.54, 1.807) is 0 Å². The molecule has 0 aliphatic carbocycles. The van der Waals surface area contributed by atoms with Crippen LogP contribution >= 0.6 is 0 Å². The van der Waals surface area contributed by atoms with Crippen LogP contribution in [0.3, 0.4) is 0 Å². The Hall–Kier alpha value is -5.80. The maximum atomic E-state index is 6.55. The van der Waals surface area contributed by atoms with Crippen LogP contribution < -0.4 is 4.90 Å². The number of para-hydroxylation sites is 2. The van der Waals surface area contributed by atoms with E-state index in [1.807, 2.05) is 24.3 Å². The maximum Gasteiger partial charge on any atom is 0.144 e. The van der Waals surface area contributed by atoms with E-state index in [2.05, 4.69) is 132 Å². The smallest absolute Gasteiger partial charge is 0.144 e. The van der Waals surface area contributed by atoms with Gasteiger partial charge in [-0.2, -0.15) is 0 Å². The lowest BCUT2D eigenvalue weighted by molar-refractivity contribution is 0.668. The van der Waals surface area contributed by atoms with Gasteiger partial charge in [0.1, 0.15) is 22.3 Å². The zero-order valence-corrected chi connectivity index (χ0v) is 23.2. The Morgan fingerprint density at radius 3 is 1.86 bits per heavy atom. The first-order chi connectivity index (χ1) is 21.3. The van der Waals surface area contributed by atoms with Gasteiger partial charge in [-0.25, -0.2) is 0 Å². The van der Waals surface area contributed by atoms with E-state index in [4.69, 9.17) is 8.83 Å². The Bertz CT molecular complexity index is 2440.